The highest BCUT2D eigenvalue weighted by Gasteiger charge is 2.35. The maximum Gasteiger partial charge on any atom is 0.338 e. The van der Waals surface area contributed by atoms with E-state index in [4.69, 9.17) is 4.74 Å². The molecule has 0 unspecified atom stereocenters. The lowest BCUT2D eigenvalue weighted by Crippen LogP contribution is -2.40. The van der Waals surface area contributed by atoms with Gasteiger partial charge in [0, 0.05) is 12.1 Å². The molecule has 0 aliphatic carbocycles. The Bertz CT molecular complexity index is 1610. The topological polar surface area (TPSA) is 81.0 Å². The van der Waals surface area contributed by atoms with Crippen LogP contribution in [0, 0.1) is 0 Å². The van der Waals surface area contributed by atoms with Crippen LogP contribution in [0.4, 0.5) is 5.69 Å². The highest BCUT2D eigenvalue weighted by Crippen LogP contribution is 2.35. The molecule has 3 aromatic rings. The number of hydrogen-bond acceptors (Lipinski definition) is 6. The van der Waals surface area contributed by atoms with Crippen LogP contribution < -0.4 is 19.8 Å². The molecule has 2 aromatic carbocycles. The Balaban J connectivity index is 1.76. The van der Waals surface area contributed by atoms with E-state index in [1.807, 2.05) is 73.7 Å². The van der Waals surface area contributed by atoms with Crippen LogP contribution in [-0.4, -0.2) is 29.6 Å². The van der Waals surface area contributed by atoms with Gasteiger partial charge in [-0.2, -0.15) is 0 Å². The van der Waals surface area contributed by atoms with E-state index in [0.717, 1.165) is 16.8 Å². The van der Waals surface area contributed by atoms with Gasteiger partial charge < -0.3 is 9.64 Å². The van der Waals surface area contributed by atoms with Crippen LogP contribution in [0.15, 0.2) is 81.7 Å². The molecule has 0 bridgehead atoms. The van der Waals surface area contributed by atoms with Gasteiger partial charge in [-0.25, -0.2) is 9.79 Å². The summed E-state index contributed by atoms with van der Waals surface area (Å²) in [6, 6.07) is 16.4. The number of aromatic nitrogens is 1. The number of carbonyl (C=O) groups excluding carboxylic acids is 2. The number of nitrogens with zero attached hydrogens (tertiary/aromatic N) is 3. The molecule has 0 saturated carbocycles. The number of hydrogen-bond donors (Lipinski definition) is 0. The van der Waals surface area contributed by atoms with Gasteiger partial charge in [0.2, 0.25) is 0 Å². The third-order valence-electron chi connectivity index (χ3n) is 6.27. The van der Waals surface area contributed by atoms with Gasteiger partial charge in [0.15, 0.2) is 4.80 Å². The van der Waals surface area contributed by atoms with Crippen LogP contribution in [0.1, 0.15) is 37.9 Å². The van der Waals surface area contributed by atoms with E-state index in [-0.39, 0.29) is 18.1 Å². The fourth-order valence-electron chi connectivity index (χ4n) is 4.65. The quantitative estimate of drug-likeness (QED) is 0.505. The summed E-state index contributed by atoms with van der Waals surface area (Å²) in [6.07, 6.45) is 3.69. The Labute approximate surface area is 212 Å². The minimum atomic E-state index is -0.719. The molecule has 5 rings (SSSR count). The van der Waals surface area contributed by atoms with Crippen molar-refractivity contribution in [2.24, 2.45) is 4.99 Å². The van der Waals surface area contributed by atoms with Crippen LogP contribution in [0.5, 0.6) is 0 Å². The van der Waals surface area contributed by atoms with Gasteiger partial charge in [-0.05, 0) is 32.4 Å². The minimum absolute atomic E-state index is 0.206. The molecule has 3 heterocycles. The second-order valence-corrected chi connectivity index (χ2v) is 9.35. The van der Waals surface area contributed by atoms with E-state index >= 15 is 0 Å². The standard InChI is InChI=1S/C28H25N3O4S/c1-4-30-20-14-10-9-13-19(20)23(25(30)32)24-26(33)31-21(16-15-18-11-7-6-8-12-18)22(27(34)35-5-2)17(3)29-28(31)36-24/h6-16,21H,4-5H2,1-3H3/b16-15+,24-23?/t21-/m0/s1. The van der Waals surface area contributed by atoms with Gasteiger partial charge in [0.25, 0.3) is 11.5 Å². The summed E-state index contributed by atoms with van der Waals surface area (Å²) < 4.78 is 7.13. The normalized spacial score (nSPS) is 18.4. The van der Waals surface area contributed by atoms with Gasteiger partial charge in [-0.1, -0.05) is 72.0 Å². The third kappa shape index (κ3) is 3.83. The van der Waals surface area contributed by atoms with Crippen LogP contribution in [-0.2, 0) is 14.3 Å². The lowest BCUT2D eigenvalue weighted by Gasteiger charge is -2.21. The predicted octanol–water partition coefficient (Wildman–Crippen LogP) is 3.20. The molecule has 0 saturated heterocycles. The molecule has 0 spiro atoms. The van der Waals surface area contributed by atoms with E-state index in [2.05, 4.69) is 4.99 Å². The molecule has 0 radical (unpaired) electrons. The zero-order chi connectivity index (χ0) is 25.4. The van der Waals surface area contributed by atoms with Crippen molar-refractivity contribution in [3.63, 3.8) is 0 Å². The summed E-state index contributed by atoms with van der Waals surface area (Å²) in [4.78, 5) is 47.0. The van der Waals surface area contributed by atoms with Crippen LogP contribution in [0.2, 0.25) is 0 Å². The number of rotatable bonds is 5. The van der Waals surface area contributed by atoms with Crippen LogP contribution in [0.25, 0.3) is 11.6 Å². The van der Waals surface area contributed by atoms with Gasteiger partial charge in [0.05, 0.1) is 35.2 Å². The number of ether oxygens (including phenoxy) is 1. The first kappa shape index (κ1) is 23.7. The number of fused-ring (bicyclic) bond motifs is 2. The number of carbonyl (C=O) groups is 2. The van der Waals surface area contributed by atoms with Crippen molar-refractivity contribution >= 4 is 40.5 Å². The molecule has 182 valence electrons. The maximum absolute atomic E-state index is 13.9. The van der Waals surface area contributed by atoms with E-state index in [9.17, 15) is 14.4 Å². The van der Waals surface area contributed by atoms with E-state index in [1.54, 1.807) is 18.7 Å². The molecule has 2 aliphatic rings. The van der Waals surface area contributed by atoms with Crippen molar-refractivity contribution < 1.29 is 14.3 Å². The largest absolute Gasteiger partial charge is 0.463 e. The number of allylic oxidation sites excluding steroid dienone is 2. The Kier molecular flexibility index (Phi) is 6.28. The predicted molar refractivity (Wildman–Crippen MR) is 140 cm³/mol. The van der Waals surface area contributed by atoms with Crippen molar-refractivity contribution in [1.82, 2.24) is 4.57 Å². The number of para-hydroxylation sites is 1. The fraction of sp³-hybridized carbons (Fsp3) is 0.214. The Morgan fingerprint density at radius 2 is 1.81 bits per heavy atom. The molecule has 8 heteroatoms. The molecule has 1 atom stereocenters. The van der Waals surface area contributed by atoms with E-state index in [0.29, 0.717) is 32.7 Å². The summed E-state index contributed by atoms with van der Waals surface area (Å²) in [5, 5.41) is 0. The van der Waals surface area contributed by atoms with Crippen molar-refractivity contribution in [2.75, 3.05) is 18.1 Å². The molecule has 2 aliphatic heterocycles. The monoisotopic (exact) mass is 499 g/mol. The van der Waals surface area contributed by atoms with Gasteiger partial charge in [0.1, 0.15) is 4.53 Å². The molecular formula is C28H25N3O4S. The Morgan fingerprint density at radius 3 is 2.53 bits per heavy atom. The number of anilines is 1. The number of amides is 1. The molecule has 0 fully saturated rings. The summed E-state index contributed by atoms with van der Waals surface area (Å²) in [6.45, 7) is 6.08. The maximum atomic E-state index is 13.9. The van der Waals surface area contributed by atoms with Gasteiger partial charge in [-0.3, -0.25) is 14.2 Å². The first-order chi connectivity index (χ1) is 17.5. The zero-order valence-electron chi connectivity index (χ0n) is 20.2. The van der Waals surface area contributed by atoms with Crippen molar-refractivity contribution in [2.45, 2.75) is 26.8 Å². The summed E-state index contributed by atoms with van der Waals surface area (Å²) in [5.74, 6) is -0.722. The van der Waals surface area contributed by atoms with E-state index in [1.165, 1.54) is 15.9 Å². The summed E-state index contributed by atoms with van der Waals surface area (Å²) in [7, 11) is 0. The highest BCUT2D eigenvalue weighted by molar-refractivity contribution is 7.07. The first-order valence-electron chi connectivity index (χ1n) is 11.8. The molecule has 7 nitrogen and oxygen atoms in total. The van der Waals surface area contributed by atoms with E-state index < -0.39 is 12.0 Å². The SMILES string of the molecule is CCOC(=O)C1=C(C)N=c2sc(=C3C(=O)N(CC)c4ccccc43)c(=O)n2[C@H]1/C=C/c1ccccc1. The Hall–Kier alpha value is -4.04. The van der Waals surface area contributed by atoms with Gasteiger partial charge in [-0.15, -0.1) is 0 Å². The second kappa shape index (κ2) is 9.54. The smallest absolute Gasteiger partial charge is 0.338 e. The molecule has 1 amide bonds. The third-order valence-corrected chi connectivity index (χ3v) is 7.33. The van der Waals surface area contributed by atoms with Crippen molar-refractivity contribution in [3.8, 4) is 0 Å². The minimum Gasteiger partial charge on any atom is -0.463 e. The number of benzene rings is 2. The summed E-state index contributed by atoms with van der Waals surface area (Å²) in [5.41, 5.74) is 3.26. The highest BCUT2D eigenvalue weighted by atomic mass is 32.1. The molecule has 0 N–H and O–H groups in total. The molecule has 36 heavy (non-hydrogen) atoms. The number of esters is 1. The lowest BCUT2D eigenvalue weighted by molar-refractivity contribution is -0.139. The van der Waals surface area contributed by atoms with Crippen LogP contribution in [0.3, 0.4) is 0 Å². The lowest BCUT2D eigenvalue weighted by atomic mass is 10.0. The zero-order valence-corrected chi connectivity index (χ0v) is 21.0. The first-order valence-corrected chi connectivity index (χ1v) is 12.6. The van der Waals surface area contributed by atoms with Crippen molar-refractivity contribution in [1.29, 1.82) is 0 Å². The average molecular weight is 500 g/mol. The molecule has 1 aromatic heterocycles. The van der Waals surface area contributed by atoms with Gasteiger partial charge >= 0.3 is 5.97 Å². The Morgan fingerprint density at radius 1 is 1.08 bits per heavy atom. The average Bonchev–Trinajstić information content (AvgIpc) is 3.34. The molecular weight excluding hydrogens is 474 g/mol. The fourth-order valence-corrected chi connectivity index (χ4v) is 5.79. The van der Waals surface area contributed by atoms with Crippen LogP contribution >= 0.6 is 11.3 Å². The number of thiazole rings is 1. The second-order valence-electron chi connectivity index (χ2n) is 8.38. The summed E-state index contributed by atoms with van der Waals surface area (Å²) >= 11 is 1.17. The number of likely N-dealkylation sites (N-methyl/N-ethyl adjacent to an activating group) is 1. The van der Waals surface area contributed by atoms with Crippen molar-refractivity contribution in [3.05, 3.63) is 103 Å².